The van der Waals surface area contributed by atoms with Gasteiger partial charge in [-0.3, -0.25) is 10.1 Å². The summed E-state index contributed by atoms with van der Waals surface area (Å²) in [5.41, 5.74) is -0.325. The molecule has 7 heteroatoms. The minimum absolute atomic E-state index is 0.0603. The lowest BCUT2D eigenvalue weighted by Crippen LogP contribution is -2.15. The fourth-order valence-electron chi connectivity index (χ4n) is 1.11. The summed E-state index contributed by atoms with van der Waals surface area (Å²) in [6, 6.07) is 4.98. The van der Waals surface area contributed by atoms with Crippen molar-refractivity contribution in [3.05, 3.63) is 38.9 Å². The molecule has 16 heavy (non-hydrogen) atoms. The van der Waals surface area contributed by atoms with Crippen LogP contribution in [0.25, 0.3) is 0 Å². The van der Waals surface area contributed by atoms with Crippen LogP contribution in [0.2, 0.25) is 5.02 Å². The molecule has 0 aliphatic rings. The number of benzene rings is 1. The highest BCUT2D eigenvalue weighted by molar-refractivity contribution is 6.32. The predicted molar refractivity (Wildman–Crippen MR) is 54.7 cm³/mol. The second-order valence-corrected chi connectivity index (χ2v) is 3.39. The van der Waals surface area contributed by atoms with Gasteiger partial charge in [-0.25, -0.2) is 0 Å². The fourth-order valence-corrected chi connectivity index (χ4v) is 1.29. The Kier molecular flexibility index (Phi) is 3.79. The van der Waals surface area contributed by atoms with Crippen molar-refractivity contribution in [3.8, 4) is 6.07 Å². The number of aliphatic hydroxyl groups excluding tert-OH is 2. The number of nitriles is 1. The van der Waals surface area contributed by atoms with Crippen LogP contribution in [-0.4, -0.2) is 21.2 Å². The normalized spacial score (nSPS) is 13.9. The largest absolute Gasteiger partial charge is 0.385 e. The third-order valence-electron chi connectivity index (χ3n) is 1.94. The molecule has 0 bridgehead atoms. The number of nitrogens with zero attached hydrogens (tertiary/aromatic N) is 2. The third kappa shape index (κ3) is 2.46. The van der Waals surface area contributed by atoms with Crippen LogP contribution in [0.15, 0.2) is 18.2 Å². The van der Waals surface area contributed by atoms with Gasteiger partial charge in [0.05, 0.1) is 11.0 Å². The molecule has 0 radical (unpaired) electrons. The van der Waals surface area contributed by atoms with Crippen LogP contribution in [-0.2, 0) is 0 Å². The lowest BCUT2D eigenvalue weighted by Gasteiger charge is -2.11. The lowest BCUT2D eigenvalue weighted by molar-refractivity contribution is -0.384. The van der Waals surface area contributed by atoms with E-state index < -0.39 is 17.1 Å². The van der Waals surface area contributed by atoms with Crippen molar-refractivity contribution in [1.29, 1.82) is 5.26 Å². The molecule has 0 amide bonds. The number of nitro benzene ring substituents is 1. The maximum Gasteiger partial charge on any atom is 0.288 e. The van der Waals surface area contributed by atoms with Crippen LogP contribution in [0.1, 0.15) is 11.7 Å². The molecule has 2 N–H and O–H groups in total. The zero-order chi connectivity index (χ0) is 12.3. The Bertz CT molecular complexity index is 457. The molecule has 6 nitrogen and oxygen atoms in total. The summed E-state index contributed by atoms with van der Waals surface area (Å²) in [6.07, 6.45) is -3.14. The number of nitro groups is 1. The van der Waals surface area contributed by atoms with E-state index in [0.717, 1.165) is 6.07 Å². The van der Waals surface area contributed by atoms with Gasteiger partial charge in [0.15, 0.2) is 6.10 Å². The first-order chi connectivity index (χ1) is 7.47. The van der Waals surface area contributed by atoms with Gasteiger partial charge in [-0.05, 0) is 11.6 Å². The topological polar surface area (TPSA) is 107 Å². The number of hydrogen-bond donors (Lipinski definition) is 2. The minimum atomic E-state index is -1.64. The van der Waals surface area contributed by atoms with Gasteiger partial charge in [0.2, 0.25) is 0 Å². The molecule has 2 unspecified atom stereocenters. The first-order valence-electron chi connectivity index (χ1n) is 4.17. The maximum absolute atomic E-state index is 10.5. The van der Waals surface area contributed by atoms with E-state index >= 15 is 0 Å². The number of rotatable bonds is 3. The molecule has 1 aromatic carbocycles. The highest BCUT2D eigenvalue weighted by atomic mass is 35.5. The Morgan fingerprint density at radius 1 is 1.50 bits per heavy atom. The zero-order valence-corrected chi connectivity index (χ0v) is 8.63. The van der Waals surface area contributed by atoms with Crippen LogP contribution in [0.4, 0.5) is 5.69 Å². The fraction of sp³-hybridized carbons (Fsp3) is 0.222. The number of aliphatic hydroxyl groups is 2. The van der Waals surface area contributed by atoms with Gasteiger partial charge in [0.1, 0.15) is 11.1 Å². The van der Waals surface area contributed by atoms with Crippen LogP contribution >= 0.6 is 11.6 Å². The Morgan fingerprint density at radius 3 is 2.62 bits per heavy atom. The smallest absolute Gasteiger partial charge is 0.288 e. The molecule has 0 aliphatic carbocycles. The molecular weight excluding hydrogens is 236 g/mol. The second kappa shape index (κ2) is 4.90. The Labute approximate surface area is 95.5 Å². The summed E-state index contributed by atoms with van der Waals surface area (Å²) in [5, 5.41) is 37.4. The van der Waals surface area contributed by atoms with Gasteiger partial charge in [-0.15, -0.1) is 0 Å². The summed E-state index contributed by atoms with van der Waals surface area (Å²) < 4.78 is 0. The van der Waals surface area contributed by atoms with Crippen molar-refractivity contribution >= 4 is 17.3 Å². The summed E-state index contributed by atoms with van der Waals surface area (Å²) in [7, 11) is 0. The van der Waals surface area contributed by atoms with E-state index in [1.54, 1.807) is 0 Å². The summed E-state index contributed by atoms with van der Waals surface area (Å²) in [6.45, 7) is 0. The molecule has 0 aromatic heterocycles. The van der Waals surface area contributed by atoms with Crippen molar-refractivity contribution in [1.82, 2.24) is 0 Å². The van der Waals surface area contributed by atoms with Gasteiger partial charge in [0, 0.05) is 6.07 Å². The van der Waals surface area contributed by atoms with Crippen molar-refractivity contribution in [2.24, 2.45) is 0 Å². The van der Waals surface area contributed by atoms with Gasteiger partial charge in [0.25, 0.3) is 5.69 Å². The van der Waals surface area contributed by atoms with Crippen LogP contribution in [0, 0.1) is 21.4 Å². The Hall–Kier alpha value is -1.68. The van der Waals surface area contributed by atoms with Crippen LogP contribution in [0.5, 0.6) is 0 Å². The second-order valence-electron chi connectivity index (χ2n) is 2.99. The average Bonchev–Trinajstić information content (AvgIpc) is 2.27. The van der Waals surface area contributed by atoms with E-state index in [1.165, 1.54) is 18.2 Å². The Morgan fingerprint density at radius 2 is 2.12 bits per heavy atom. The molecule has 0 aliphatic heterocycles. The number of halogens is 1. The summed E-state index contributed by atoms with van der Waals surface area (Å²) in [4.78, 5) is 9.84. The molecule has 0 heterocycles. The van der Waals surface area contributed by atoms with Crippen molar-refractivity contribution < 1.29 is 15.1 Å². The molecule has 1 rings (SSSR count). The first-order valence-corrected chi connectivity index (χ1v) is 4.54. The summed E-state index contributed by atoms with van der Waals surface area (Å²) >= 11 is 5.56. The van der Waals surface area contributed by atoms with E-state index in [2.05, 4.69) is 0 Å². The van der Waals surface area contributed by atoms with E-state index in [1.807, 2.05) is 0 Å². The number of hydrogen-bond acceptors (Lipinski definition) is 5. The molecule has 1 aromatic rings. The van der Waals surface area contributed by atoms with Gasteiger partial charge < -0.3 is 10.2 Å². The molecule has 0 saturated heterocycles. The standard InChI is InChI=1S/C9H7ClN2O4/c10-6-2-1-5(3-7(6)12(15)16)9(14)8(13)4-11/h1-3,8-9,13-14H. The molecule has 84 valence electrons. The SMILES string of the molecule is N#CC(O)C(O)c1ccc(Cl)c([N+](=O)[O-])c1. The van der Waals surface area contributed by atoms with Gasteiger partial charge in [-0.1, -0.05) is 17.7 Å². The quantitative estimate of drug-likeness (QED) is 0.470. The van der Waals surface area contributed by atoms with Crippen molar-refractivity contribution in [2.75, 3.05) is 0 Å². The van der Waals surface area contributed by atoms with E-state index in [-0.39, 0.29) is 16.3 Å². The molecular formula is C9H7ClN2O4. The molecule has 0 saturated carbocycles. The lowest BCUT2D eigenvalue weighted by atomic mass is 10.0. The summed E-state index contributed by atoms with van der Waals surface area (Å²) in [5.74, 6) is 0. The van der Waals surface area contributed by atoms with Crippen molar-refractivity contribution in [2.45, 2.75) is 12.2 Å². The molecule has 0 spiro atoms. The maximum atomic E-state index is 10.5. The van der Waals surface area contributed by atoms with E-state index in [0.29, 0.717) is 0 Å². The van der Waals surface area contributed by atoms with Crippen molar-refractivity contribution in [3.63, 3.8) is 0 Å². The Balaban J connectivity index is 3.13. The predicted octanol–water partition coefficient (Wildman–Crippen LogP) is 1.17. The third-order valence-corrected chi connectivity index (χ3v) is 2.26. The van der Waals surface area contributed by atoms with Gasteiger partial charge >= 0.3 is 0 Å². The van der Waals surface area contributed by atoms with E-state index in [9.17, 15) is 15.2 Å². The minimum Gasteiger partial charge on any atom is -0.385 e. The zero-order valence-electron chi connectivity index (χ0n) is 7.87. The monoisotopic (exact) mass is 242 g/mol. The van der Waals surface area contributed by atoms with E-state index in [4.69, 9.17) is 22.0 Å². The molecule has 2 atom stereocenters. The highest BCUT2D eigenvalue weighted by Crippen LogP contribution is 2.28. The average molecular weight is 243 g/mol. The van der Waals surface area contributed by atoms with Gasteiger partial charge in [-0.2, -0.15) is 5.26 Å². The highest BCUT2D eigenvalue weighted by Gasteiger charge is 2.21. The van der Waals surface area contributed by atoms with Crippen LogP contribution in [0.3, 0.4) is 0 Å². The molecule has 0 fully saturated rings. The first kappa shape index (κ1) is 12.4. The van der Waals surface area contributed by atoms with Crippen LogP contribution < -0.4 is 0 Å².